The third kappa shape index (κ3) is 3.00. The minimum Gasteiger partial charge on any atom is -0.493 e. The number of aromatic nitrogens is 1. The van der Waals surface area contributed by atoms with Crippen LogP contribution in [-0.4, -0.2) is 18.6 Å². The molecular formula is C13H16N2O2S. The predicted molar refractivity (Wildman–Crippen MR) is 72.2 cm³/mol. The summed E-state index contributed by atoms with van der Waals surface area (Å²) in [5, 5.41) is 0. The van der Waals surface area contributed by atoms with Crippen molar-refractivity contribution >= 4 is 11.3 Å². The number of para-hydroxylation sites is 1. The summed E-state index contributed by atoms with van der Waals surface area (Å²) >= 11 is 1.57. The molecule has 2 rings (SSSR count). The smallest absolute Gasteiger partial charge is 0.164 e. The zero-order valence-electron chi connectivity index (χ0n) is 10.3. The molecule has 0 fully saturated rings. The minimum absolute atomic E-state index is 0.503. The first-order valence-electron chi connectivity index (χ1n) is 5.71. The van der Waals surface area contributed by atoms with Crippen LogP contribution in [0, 0.1) is 0 Å². The Balaban J connectivity index is 2.18. The molecule has 0 aliphatic rings. The summed E-state index contributed by atoms with van der Waals surface area (Å²) in [6, 6.07) is 5.85. The van der Waals surface area contributed by atoms with Crippen molar-refractivity contribution in [3.8, 4) is 11.5 Å². The minimum atomic E-state index is 0.503. The Kier molecular flexibility index (Phi) is 4.55. The lowest BCUT2D eigenvalue weighted by Gasteiger charge is -2.14. The van der Waals surface area contributed by atoms with E-state index in [-0.39, 0.29) is 0 Å². The second kappa shape index (κ2) is 6.37. The molecule has 1 aromatic carbocycles. The van der Waals surface area contributed by atoms with Crippen molar-refractivity contribution in [2.45, 2.75) is 13.0 Å². The van der Waals surface area contributed by atoms with E-state index in [0.29, 0.717) is 13.2 Å². The molecular weight excluding hydrogens is 248 g/mol. The molecule has 0 bridgehead atoms. The van der Waals surface area contributed by atoms with Crippen LogP contribution in [0.3, 0.4) is 0 Å². The van der Waals surface area contributed by atoms with E-state index < -0.39 is 0 Å². The molecule has 18 heavy (non-hydrogen) atoms. The van der Waals surface area contributed by atoms with E-state index >= 15 is 0 Å². The van der Waals surface area contributed by atoms with Crippen molar-refractivity contribution in [3.63, 3.8) is 0 Å². The van der Waals surface area contributed by atoms with E-state index in [0.717, 1.165) is 28.4 Å². The largest absolute Gasteiger partial charge is 0.493 e. The van der Waals surface area contributed by atoms with Crippen molar-refractivity contribution in [1.82, 2.24) is 4.98 Å². The fourth-order valence-electron chi connectivity index (χ4n) is 1.69. The Morgan fingerprint density at radius 1 is 1.39 bits per heavy atom. The average molecular weight is 264 g/mol. The van der Waals surface area contributed by atoms with Crippen LogP contribution >= 0.6 is 11.3 Å². The van der Waals surface area contributed by atoms with Gasteiger partial charge in [0.1, 0.15) is 6.61 Å². The normalized spacial score (nSPS) is 10.3. The van der Waals surface area contributed by atoms with Crippen LogP contribution in [0.25, 0.3) is 0 Å². The van der Waals surface area contributed by atoms with Crippen LogP contribution < -0.4 is 15.2 Å². The van der Waals surface area contributed by atoms with Gasteiger partial charge in [0.15, 0.2) is 11.5 Å². The lowest BCUT2D eigenvalue weighted by Crippen LogP contribution is -2.06. The fraction of sp³-hybridized carbons (Fsp3) is 0.308. The van der Waals surface area contributed by atoms with Gasteiger partial charge in [0.05, 0.1) is 17.5 Å². The van der Waals surface area contributed by atoms with Gasteiger partial charge >= 0.3 is 0 Å². The predicted octanol–water partition coefficient (Wildman–Crippen LogP) is 2.23. The van der Waals surface area contributed by atoms with E-state index in [2.05, 4.69) is 4.98 Å². The van der Waals surface area contributed by atoms with Gasteiger partial charge in [-0.25, -0.2) is 0 Å². The van der Waals surface area contributed by atoms with Crippen LogP contribution in [-0.2, 0) is 13.0 Å². The number of hydrogen-bond donors (Lipinski definition) is 1. The van der Waals surface area contributed by atoms with Gasteiger partial charge in [-0.2, -0.15) is 0 Å². The lowest BCUT2D eigenvalue weighted by molar-refractivity contribution is 0.284. The maximum atomic E-state index is 5.85. The van der Waals surface area contributed by atoms with Crippen molar-refractivity contribution in [2.24, 2.45) is 5.73 Å². The molecule has 0 aliphatic heterocycles. The third-order valence-corrected chi connectivity index (χ3v) is 3.29. The Morgan fingerprint density at radius 3 is 2.94 bits per heavy atom. The van der Waals surface area contributed by atoms with Crippen LogP contribution in [0.4, 0.5) is 0 Å². The van der Waals surface area contributed by atoms with Gasteiger partial charge in [0, 0.05) is 6.20 Å². The van der Waals surface area contributed by atoms with Gasteiger partial charge in [0.25, 0.3) is 0 Å². The first-order valence-corrected chi connectivity index (χ1v) is 6.59. The number of nitrogens with two attached hydrogens (primary N) is 1. The number of thiazole rings is 1. The lowest BCUT2D eigenvalue weighted by atomic mass is 10.1. The summed E-state index contributed by atoms with van der Waals surface area (Å²) in [7, 11) is 1.64. The van der Waals surface area contributed by atoms with E-state index in [1.807, 2.05) is 24.4 Å². The van der Waals surface area contributed by atoms with Crippen LogP contribution in [0.5, 0.6) is 11.5 Å². The summed E-state index contributed by atoms with van der Waals surface area (Å²) in [5.74, 6) is 1.52. The fourth-order valence-corrected chi connectivity index (χ4v) is 2.20. The summed E-state index contributed by atoms with van der Waals surface area (Å²) in [6.45, 7) is 1.09. The van der Waals surface area contributed by atoms with Gasteiger partial charge in [-0.3, -0.25) is 4.98 Å². The third-order valence-electron chi connectivity index (χ3n) is 2.54. The average Bonchev–Trinajstić information content (AvgIpc) is 2.90. The molecule has 5 heteroatoms. The number of hydrogen-bond acceptors (Lipinski definition) is 5. The highest BCUT2D eigenvalue weighted by atomic mass is 32.1. The molecule has 2 N–H and O–H groups in total. The quantitative estimate of drug-likeness (QED) is 0.869. The maximum absolute atomic E-state index is 5.85. The SMILES string of the molecule is COc1cccc(CCN)c1OCc1cncs1. The molecule has 0 atom stereocenters. The van der Waals surface area contributed by atoms with Crippen LogP contribution in [0.1, 0.15) is 10.4 Å². The molecule has 96 valence electrons. The molecule has 0 saturated carbocycles. The standard InChI is InChI=1S/C13H16N2O2S/c1-16-12-4-2-3-10(5-6-14)13(12)17-8-11-7-15-9-18-11/h2-4,7,9H,5-6,8,14H2,1H3. The van der Waals surface area contributed by atoms with E-state index in [4.69, 9.17) is 15.2 Å². The molecule has 0 saturated heterocycles. The zero-order valence-corrected chi connectivity index (χ0v) is 11.1. The molecule has 0 radical (unpaired) electrons. The van der Waals surface area contributed by atoms with Crippen molar-refractivity contribution in [1.29, 1.82) is 0 Å². The molecule has 0 spiro atoms. The van der Waals surface area contributed by atoms with E-state index in [1.54, 1.807) is 24.0 Å². The molecule has 0 aliphatic carbocycles. The van der Waals surface area contributed by atoms with Crippen molar-refractivity contribution in [2.75, 3.05) is 13.7 Å². The highest BCUT2D eigenvalue weighted by Gasteiger charge is 2.10. The van der Waals surface area contributed by atoms with Crippen molar-refractivity contribution in [3.05, 3.63) is 40.3 Å². The summed E-state index contributed by atoms with van der Waals surface area (Å²) < 4.78 is 11.2. The Hall–Kier alpha value is -1.59. The molecule has 0 unspecified atom stereocenters. The van der Waals surface area contributed by atoms with Gasteiger partial charge < -0.3 is 15.2 Å². The van der Waals surface area contributed by atoms with Crippen LogP contribution in [0.2, 0.25) is 0 Å². The zero-order chi connectivity index (χ0) is 12.8. The topological polar surface area (TPSA) is 57.4 Å². The van der Waals surface area contributed by atoms with Gasteiger partial charge in [-0.1, -0.05) is 12.1 Å². The van der Waals surface area contributed by atoms with Gasteiger partial charge in [-0.05, 0) is 24.6 Å². The summed E-state index contributed by atoms with van der Waals surface area (Å²) in [5.41, 5.74) is 8.47. The number of methoxy groups -OCH3 is 1. The summed E-state index contributed by atoms with van der Waals surface area (Å²) in [4.78, 5) is 5.11. The first kappa shape index (κ1) is 12.9. The van der Waals surface area contributed by atoms with Gasteiger partial charge in [-0.15, -0.1) is 11.3 Å². The Bertz CT molecular complexity index is 486. The maximum Gasteiger partial charge on any atom is 0.164 e. The monoisotopic (exact) mass is 264 g/mol. The Labute approximate surface area is 110 Å². The summed E-state index contributed by atoms with van der Waals surface area (Å²) in [6.07, 6.45) is 2.58. The number of rotatable bonds is 6. The second-order valence-corrected chi connectivity index (χ2v) is 4.71. The molecule has 0 amide bonds. The molecule has 4 nitrogen and oxygen atoms in total. The molecule has 1 heterocycles. The van der Waals surface area contributed by atoms with E-state index in [9.17, 15) is 0 Å². The van der Waals surface area contributed by atoms with Crippen LogP contribution in [0.15, 0.2) is 29.9 Å². The molecule has 2 aromatic rings. The van der Waals surface area contributed by atoms with Crippen molar-refractivity contribution < 1.29 is 9.47 Å². The molecule has 1 aromatic heterocycles. The highest BCUT2D eigenvalue weighted by Crippen LogP contribution is 2.32. The number of benzene rings is 1. The number of ether oxygens (including phenoxy) is 2. The van der Waals surface area contributed by atoms with E-state index in [1.165, 1.54) is 0 Å². The second-order valence-electron chi connectivity index (χ2n) is 3.74. The first-order chi connectivity index (χ1) is 8.85. The Morgan fingerprint density at radius 2 is 2.28 bits per heavy atom. The highest BCUT2D eigenvalue weighted by molar-refractivity contribution is 7.09. The van der Waals surface area contributed by atoms with Gasteiger partial charge in [0.2, 0.25) is 0 Å². The number of nitrogens with zero attached hydrogens (tertiary/aromatic N) is 1.